The lowest BCUT2D eigenvalue weighted by Crippen LogP contribution is -2.44. The normalized spacial score (nSPS) is 24.2. The SMILES string of the molecule is C[C@H](NCC(=O)NC1CCS(=O)(=O)C1)C(=O)O. The Morgan fingerprint density at radius 2 is 2.12 bits per heavy atom. The first-order chi connectivity index (χ1) is 7.80. The van der Waals surface area contributed by atoms with Crippen LogP contribution in [0.4, 0.5) is 0 Å². The van der Waals surface area contributed by atoms with E-state index in [1.165, 1.54) is 6.92 Å². The zero-order chi connectivity index (χ0) is 13.1. The quantitative estimate of drug-likeness (QED) is 0.548. The van der Waals surface area contributed by atoms with Gasteiger partial charge in [0.05, 0.1) is 18.1 Å². The number of amides is 1. The molecule has 0 aromatic heterocycles. The highest BCUT2D eigenvalue weighted by Crippen LogP contribution is 2.10. The number of carbonyl (C=O) groups excluding carboxylic acids is 1. The van der Waals surface area contributed by atoms with Gasteiger partial charge in [-0.2, -0.15) is 0 Å². The van der Waals surface area contributed by atoms with Crippen LogP contribution < -0.4 is 10.6 Å². The van der Waals surface area contributed by atoms with E-state index in [4.69, 9.17) is 5.11 Å². The molecule has 0 aliphatic carbocycles. The molecule has 0 bridgehead atoms. The summed E-state index contributed by atoms with van der Waals surface area (Å²) in [6.07, 6.45) is 0.419. The topological polar surface area (TPSA) is 113 Å². The molecule has 98 valence electrons. The number of nitrogens with one attached hydrogen (secondary N) is 2. The van der Waals surface area contributed by atoms with Crippen LogP contribution in [0.2, 0.25) is 0 Å². The molecule has 2 atom stereocenters. The van der Waals surface area contributed by atoms with E-state index in [0.717, 1.165) is 0 Å². The first kappa shape index (κ1) is 13.9. The Hall–Kier alpha value is -1.15. The van der Waals surface area contributed by atoms with E-state index in [1.807, 2.05) is 0 Å². The molecule has 17 heavy (non-hydrogen) atoms. The van der Waals surface area contributed by atoms with Crippen LogP contribution in [0.25, 0.3) is 0 Å². The van der Waals surface area contributed by atoms with Gasteiger partial charge < -0.3 is 10.4 Å². The van der Waals surface area contributed by atoms with E-state index in [1.54, 1.807) is 0 Å². The molecule has 0 saturated carbocycles. The number of hydrogen-bond donors (Lipinski definition) is 3. The van der Waals surface area contributed by atoms with Crippen molar-refractivity contribution in [2.75, 3.05) is 18.1 Å². The molecule has 1 aliphatic heterocycles. The third-order valence-corrected chi connectivity index (χ3v) is 4.30. The van der Waals surface area contributed by atoms with E-state index in [-0.39, 0.29) is 30.0 Å². The summed E-state index contributed by atoms with van der Waals surface area (Å²) in [5.41, 5.74) is 0. The molecular weight excluding hydrogens is 248 g/mol. The Balaban J connectivity index is 2.29. The number of carboxylic acid groups (broad SMARTS) is 1. The maximum absolute atomic E-state index is 11.4. The van der Waals surface area contributed by atoms with Gasteiger partial charge in [-0.3, -0.25) is 14.9 Å². The average molecular weight is 264 g/mol. The van der Waals surface area contributed by atoms with Gasteiger partial charge in [0.25, 0.3) is 0 Å². The maximum Gasteiger partial charge on any atom is 0.320 e. The molecule has 1 saturated heterocycles. The standard InChI is InChI=1S/C9H16N2O5S/c1-6(9(13)14)10-4-8(12)11-7-2-3-17(15,16)5-7/h6-7,10H,2-5H2,1H3,(H,11,12)(H,13,14)/t6-,7?/m0/s1. The van der Waals surface area contributed by atoms with E-state index in [2.05, 4.69) is 10.6 Å². The predicted octanol–water partition coefficient (Wildman–Crippen LogP) is -1.65. The van der Waals surface area contributed by atoms with Gasteiger partial charge in [0.15, 0.2) is 9.84 Å². The van der Waals surface area contributed by atoms with Crippen LogP contribution in [-0.2, 0) is 19.4 Å². The summed E-state index contributed by atoms with van der Waals surface area (Å²) in [7, 11) is -3.02. The molecule has 0 aromatic rings. The Kier molecular flexibility index (Phi) is 4.47. The number of rotatable bonds is 5. The van der Waals surface area contributed by atoms with Crippen molar-refractivity contribution in [3.05, 3.63) is 0 Å². The van der Waals surface area contributed by atoms with Crippen LogP contribution in [0.15, 0.2) is 0 Å². The van der Waals surface area contributed by atoms with E-state index in [9.17, 15) is 18.0 Å². The lowest BCUT2D eigenvalue weighted by molar-refractivity contribution is -0.139. The zero-order valence-corrected chi connectivity index (χ0v) is 10.3. The highest BCUT2D eigenvalue weighted by molar-refractivity contribution is 7.91. The fourth-order valence-electron chi connectivity index (χ4n) is 1.52. The molecular formula is C9H16N2O5S. The molecule has 3 N–H and O–H groups in total. The van der Waals surface area contributed by atoms with E-state index >= 15 is 0 Å². The Bertz CT molecular complexity index is 406. The molecule has 1 aliphatic rings. The number of carboxylic acids is 1. The van der Waals surface area contributed by atoms with Crippen molar-refractivity contribution in [2.24, 2.45) is 0 Å². The fraction of sp³-hybridized carbons (Fsp3) is 0.778. The molecule has 1 heterocycles. The van der Waals surface area contributed by atoms with Crippen LogP contribution in [0.3, 0.4) is 0 Å². The lowest BCUT2D eigenvalue weighted by atomic mass is 10.2. The summed E-state index contributed by atoms with van der Waals surface area (Å²) in [5, 5.41) is 13.6. The second-order valence-electron chi connectivity index (χ2n) is 4.11. The van der Waals surface area contributed by atoms with E-state index in [0.29, 0.717) is 6.42 Å². The second kappa shape index (κ2) is 5.46. The Morgan fingerprint density at radius 1 is 1.47 bits per heavy atom. The number of sulfone groups is 1. The Labute approximate surface area is 99.5 Å². The number of aliphatic carboxylic acids is 1. The number of hydrogen-bond acceptors (Lipinski definition) is 5. The van der Waals surface area contributed by atoms with Crippen LogP contribution in [0.1, 0.15) is 13.3 Å². The number of carbonyl (C=O) groups is 2. The van der Waals surface area contributed by atoms with Crippen molar-refractivity contribution in [1.29, 1.82) is 0 Å². The van der Waals surface area contributed by atoms with Crippen LogP contribution >= 0.6 is 0 Å². The molecule has 1 unspecified atom stereocenters. The monoisotopic (exact) mass is 264 g/mol. The summed E-state index contributed by atoms with van der Waals surface area (Å²) < 4.78 is 22.3. The minimum absolute atomic E-state index is 0.0345. The van der Waals surface area contributed by atoms with Crippen molar-refractivity contribution in [3.63, 3.8) is 0 Å². The second-order valence-corrected chi connectivity index (χ2v) is 6.34. The van der Waals surface area contributed by atoms with Gasteiger partial charge in [0, 0.05) is 6.04 Å². The first-order valence-corrected chi connectivity index (χ1v) is 7.08. The van der Waals surface area contributed by atoms with Crippen LogP contribution in [0.5, 0.6) is 0 Å². The molecule has 7 nitrogen and oxygen atoms in total. The average Bonchev–Trinajstić information content (AvgIpc) is 2.54. The van der Waals surface area contributed by atoms with Gasteiger partial charge in [-0.1, -0.05) is 0 Å². The van der Waals surface area contributed by atoms with Crippen LogP contribution in [0, 0.1) is 0 Å². The summed E-state index contributed by atoms with van der Waals surface area (Å²) in [4.78, 5) is 21.8. The molecule has 8 heteroatoms. The molecule has 0 radical (unpaired) electrons. The third kappa shape index (κ3) is 4.70. The van der Waals surface area contributed by atoms with Crippen molar-refractivity contribution in [3.8, 4) is 0 Å². The molecule has 0 aromatic carbocycles. The van der Waals surface area contributed by atoms with Gasteiger partial charge in [0.2, 0.25) is 5.91 Å². The molecule has 1 rings (SSSR count). The Morgan fingerprint density at radius 3 is 2.59 bits per heavy atom. The summed E-state index contributed by atoms with van der Waals surface area (Å²) in [6.45, 7) is 1.29. The van der Waals surface area contributed by atoms with Crippen molar-refractivity contribution in [1.82, 2.24) is 10.6 Å². The summed E-state index contributed by atoms with van der Waals surface area (Å²) in [6, 6.07) is -1.16. The zero-order valence-electron chi connectivity index (χ0n) is 9.47. The first-order valence-electron chi connectivity index (χ1n) is 5.26. The summed E-state index contributed by atoms with van der Waals surface area (Å²) in [5.74, 6) is -1.37. The summed E-state index contributed by atoms with van der Waals surface area (Å²) >= 11 is 0. The smallest absolute Gasteiger partial charge is 0.320 e. The molecule has 1 fully saturated rings. The third-order valence-electron chi connectivity index (χ3n) is 2.54. The van der Waals surface area contributed by atoms with Gasteiger partial charge >= 0.3 is 5.97 Å². The van der Waals surface area contributed by atoms with Crippen molar-refractivity contribution in [2.45, 2.75) is 25.4 Å². The highest BCUT2D eigenvalue weighted by atomic mass is 32.2. The predicted molar refractivity (Wildman–Crippen MR) is 60.3 cm³/mol. The van der Waals surface area contributed by atoms with Gasteiger partial charge in [0.1, 0.15) is 6.04 Å². The highest BCUT2D eigenvalue weighted by Gasteiger charge is 2.28. The fourth-order valence-corrected chi connectivity index (χ4v) is 3.19. The van der Waals surface area contributed by atoms with E-state index < -0.39 is 21.8 Å². The van der Waals surface area contributed by atoms with Gasteiger partial charge in [-0.15, -0.1) is 0 Å². The lowest BCUT2D eigenvalue weighted by Gasteiger charge is -2.12. The minimum Gasteiger partial charge on any atom is -0.480 e. The van der Waals surface area contributed by atoms with Gasteiger partial charge in [-0.05, 0) is 13.3 Å². The van der Waals surface area contributed by atoms with Gasteiger partial charge in [-0.25, -0.2) is 8.42 Å². The van der Waals surface area contributed by atoms with Crippen molar-refractivity contribution >= 4 is 21.7 Å². The van der Waals surface area contributed by atoms with Crippen molar-refractivity contribution < 1.29 is 23.1 Å². The van der Waals surface area contributed by atoms with Crippen LogP contribution in [-0.4, -0.2) is 55.5 Å². The molecule has 0 spiro atoms. The minimum atomic E-state index is -3.02. The largest absolute Gasteiger partial charge is 0.480 e. The molecule has 1 amide bonds. The maximum atomic E-state index is 11.4.